The van der Waals surface area contributed by atoms with Gasteiger partial charge in [0.1, 0.15) is 0 Å². The fraction of sp³-hybridized carbons (Fsp3) is 0.462. The van der Waals surface area contributed by atoms with Crippen LogP contribution in [0.5, 0.6) is 0 Å². The lowest BCUT2D eigenvalue weighted by Gasteiger charge is -2.13. The molecule has 7 heteroatoms. The summed E-state index contributed by atoms with van der Waals surface area (Å²) < 4.78 is 37.6. The molecule has 0 amide bonds. The molecule has 0 aliphatic rings. The van der Waals surface area contributed by atoms with Crippen molar-refractivity contribution >= 4 is 22.7 Å². The number of aromatic nitrogens is 1. The van der Waals surface area contributed by atoms with E-state index in [2.05, 4.69) is 16.4 Å². The van der Waals surface area contributed by atoms with E-state index in [4.69, 9.17) is 0 Å². The summed E-state index contributed by atoms with van der Waals surface area (Å²) >= 11 is 2.43. The molecule has 0 fully saturated rings. The molecule has 110 valence electrons. The summed E-state index contributed by atoms with van der Waals surface area (Å²) in [5.41, 5.74) is 0. The first-order valence-corrected chi connectivity index (χ1v) is 7.93. The van der Waals surface area contributed by atoms with Crippen molar-refractivity contribution in [3.8, 4) is 0 Å². The Morgan fingerprint density at radius 1 is 1.40 bits per heavy atom. The number of thiophene rings is 1. The van der Waals surface area contributed by atoms with Crippen LogP contribution in [0.4, 0.5) is 13.2 Å². The van der Waals surface area contributed by atoms with Crippen molar-refractivity contribution in [2.75, 3.05) is 7.05 Å². The topological polar surface area (TPSA) is 24.9 Å². The average molecular weight is 320 g/mol. The quantitative estimate of drug-likeness (QED) is 0.847. The fourth-order valence-electron chi connectivity index (χ4n) is 1.94. The summed E-state index contributed by atoms with van der Waals surface area (Å²) in [6.07, 6.45) is -0.322. The number of nitrogens with zero attached hydrogens (tertiary/aromatic N) is 1. The van der Waals surface area contributed by atoms with E-state index in [9.17, 15) is 13.2 Å². The van der Waals surface area contributed by atoms with Gasteiger partial charge >= 0.3 is 6.18 Å². The highest BCUT2D eigenvalue weighted by molar-refractivity contribution is 7.11. The van der Waals surface area contributed by atoms with Crippen LogP contribution in [-0.4, -0.2) is 12.0 Å². The minimum absolute atomic E-state index is 0.0661. The molecule has 0 aliphatic carbocycles. The van der Waals surface area contributed by atoms with E-state index in [1.54, 1.807) is 18.4 Å². The molecular formula is C13H15F3N2S2. The van der Waals surface area contributed by atoms with Gasteiger partial charge < -0.3 is 5.32 Å². The second-order valence-electron chi connectivity index (χ2n) is 4.38. The van der Waals surface area contributed by atoms with Crippen LogP contribution in [0.25, 0.3) is 0 Å². The number of aryl methyl sites for hydroxylation is 1. The van der Waals surface area contributed by atoms with Gasteiger partial charge in [0, 0.05) is 22.0 Å². The lowest BCUT2D eigenvalue weighted by atomic mass is 10.1. The van der Waals surface area contributed by atoms with Gasteiger partial charge in [0.2, 0.25) is 0 Å². The molecule has 0 saturated heterocycles. The van der Waals surface area contributed by atoms with E-state index in [1.165, 1.54) is 11.1 Å². The molecule has 1 N–H and O–H groups in total. The third kappa shape index (κ3) is 4.04. The third-order valence-electron chi connectivity index (χ3n) is 2.95. The Kier molecular flexibility index (Phi) is 5.17. The van der Waals surface area contributed by atoms with Crippen LogP contribution in [0.3, 0.4) is 0 Å². The zero-order chi connectivity index (χ0) is 14.6. The first kappa shape index (κ1) is 15.5. The van der Waals surface area contributed by atoms with E-state index in [0.717, 1.165) is 30.6 Å². The van der Waals surface area contributed by atoms with Crippen molar-refractivity contribution in [1.82, 2.24) is 10.3 Å². The normalized spacial score (nSPS) is 13.6. The van der Waals surface area contributed by atoms with E-state index < -0.39 is 11.2 Å². The first-order valence-electron chi connectivity index (χ1n) is 6.23. The van der Waals surface area contributed by atoms with Gasteiger partial charge in [0.15, 0.2) is 5.01 Å². The SMILES string of the molecule is CNC(CCCc1cccs1)c1cnc(C(F)(F)F)s1. The van der Waals surface area contributed by atoms with Crippen LogP contribution in [0.15, 0.2) is 23.7 Å². The summed E-state index contributed by atoms with van der Waals surface area (Å²) in [6, 6.07) is 4.02. The maximum absolute atomic E-state index is 12.5. The van der Waals surface area contributed by atoms with Crippen LogP contribution in [-0.2, 0) is 12.6 Å². The van der Waals surface area contributed by atoms with Gasteiger partial charge in [-0.05, 0) is 37.8 Å². The standard InChI is InChI=1S/C13H15F3N2S2/c1-17-10(6-2-4-9-5-3-7-19-9)11-8-18-12(20-11)13(14,15)16/h3,5,7-8,10,17H,2,4,6H2,1H3. The minimum atomic E-state index is -4.35. The molecule has 1 unspecified atom stereocenters. The molecule has 20 heavy (non-hydrogen) atoms. The number of hydrogen-bond acceptors (Lipinski definition) is 4. The van der Waals surface area contributed by atoms with Crippen molar-refractivity contribution in [1.29, 1.82) is 0 Å². The van der Waals surface area contributed by atoms with Gasteiger partial charge in [-0.3, -0.25) is 0 Å². The Hall–Kier alpha value is -0.920. The largest absolute Gasteiger partial charge is 0.443 e. The molecule has 2 aromatic rings. The lowest BCUT2D eigenvalue weighted by Crippen LogP contribution is -2.15. The summed E-state index contributed by atoms with van der Waals surface area (Å²) in [4.78, 5) is 5.42. The van der Waals surface area contributed by atoms with Crippen molar-refractivity contribution < 1.29 is 13.2 Å². The zero-order valence-electron chi connectivity index (χ0n) is 10.9. The van der Waals surface area contributed by atoms with Gasteiger partial charge in [-0.1, -0.05) is 6.07 Å². The third-order valence-corrected chi connectivity index (χ3v) is 5.05. The van der Waals surface area contributed by atoms with Crippen LogP contribution >= 0.6 is 22.7 Å². The van der Waals surface area contributed by atoms with Crippen LogP contribution in [0.2, 0.25) is 0 Å². The molecule has 0 spiro atoms. The highest BCUT2D eigenvalue weighted by Gasteiger charge is 2.35. The minimum Gasteiger partial charge on any atom is -0.312 e. The highest BCUT2D eigenvalue weighted by atomic mass is 32.1. The Balaban J connectivity index is 1.92. The number of rotatable bonds is 6. The van der Waals surface area contributed by atoms with Gasteiger partial charge in [-0.2, -0.15) is 13.2 Å². The highest BCUT2D eigenvalue weighted by Crippen LogP contribution is 2.35. The van der Waals surface area contributed by atoms with Crippen molar-refractivity contribution in [3.63, 3.8) is 0 Å². The second kappa shape index (κ2) is 6.69. The van der Waals surface area contributed by atoms with E-state index in [0.29, 0.717) is 4.88 Å². The molecule has 0 radical (unpaired) electrons. The van der Waals surface area contributed by atoms with Crippen LogP contribution in [0.1, 0.15) is 33.6 Å². The molecule has 2 rings (SSSR count). The Labute approximate surface area is 123 Å². The monoisotopic (exact) mass is 320 g/mol. The summed E-state index contributed by atoms with van der Waals surface area (Å²) in [7, 11) is 1.77. The lowest BCUT2D eigenvalue weighted by molar-refractivity contribution is -0.137. The predicted molar refractivity (Wildman–Crippen MR) is 76.2 cm³/mol. The Morgan fingerprint density at radius 3 is 2.75 bits per heavy atom. The van der Waals surface area contributed by atoms with E-state index >= 15 is 0 Å². The number of hydrogen-bond donors (Lipinski definition) is 1. The molecule has 0 aromatic carbocycles. The number of alkyl halides is 3. The van der Waals surface area contributed by atoms with Gasteiger partial charge in [0.25, 0.3) is 0 Å². The van der Waals surface area contributed by atoms with Gasteiger partial charge in [0.05, 0.1) is 0 Å². The van der Waals surface area contributed by atoms with E-state index in [-0.39, 0.29) is 6.04 Å². The molecule has 2 heterocycles. The molecule has 0 saturated carbocycles. The maximum Gasteiger partial charge on any atom is 0.443 e. The molecule has 2 nitrogen and oxygen atoms in total. The summed E-state index contributed by atoms with van der Waals surface area (Å²) in [6.45, 7) is 0. The van der Waals surface area contributed by atoms with Gasteiger partial charge in [-0.25, -0.2) is 4.98 Å². The summed E-state index contributed by atoms with van der Waals surface area (Å²) in [5.74, 6) is 0. The number of nitrogens with one attached hydrogen (secondary N) is 1. The predicted octanol–water partition coefficient (Wildman–Crippen LogP) is 4.51. The molecule has 1 atom stereocenters. The second-order valence-corrected chi connectivity index (χ2v) is 6.47. The number of thiazole rings is 1. The van der Waals surface area contributed by atoms with Crippen molar-refractivity contribution in [2.24, 2.45) is 0 Å². The van der Waals surface area contributed by atoms with Crippen LogP contribution < -0.4 is 5.32 Å². The molecule has 2 aromatic heterocycles. The smallest absolute Gasteiger partial charge is 0.312 e. The Morgan fingerprint density at radius 2 is 2.20 bits per heavy atom. The Bertz CT molecular complexity index is 520. The first-order chi connectivity index (χ1) is 9.50. The average Bonchev–Trinajstić information content (AvgIpc) is 3.04. The molecule has 0 aliphatic heterocycles. The van der Waals surface area contributed by atoms with Crippen LogP contribution in [0, 0.1) is 0 Å². The molecule has 0 bridgehead atoms. The fourth-order valence-corrected chi connectivity index (χ4v) is 3.62. The zero-order valence-corrected chi connectivity index (χ0v) is 12.5. The maximum atomic E-state index is 12.5. The molecular weight excluding hydrogens is 305 g/mol. The van der Waals surface area contributed by atoms with Gasteiger partial charge in [-0.15, -0.1) is 22.7 Å². The van der Waals surface area contributed by atoms with Crippen molar-refractivity contribution in [2.45, 2.75) is 31.5 Å². The number of halogens is 3. The van der Waals surface area contributed by atoms with E-state index in [1.807, 2.05) is 11.4 Å². The van der Waals surface area contributed by atoms with Crippen molar-refractivity contribution in [3.05, 3.63) is 38.5 Å². The summed E-state index contributed by atoms with van der Waals surface area (Å²) in [5, 5.41) is 4.33.